The largest absolute Gasteiger partial charge is 0.369 e. The van der Waals surface area contributed by atoms with E-state index in [1.165, 1.54) is 0 Å². The van der Waals surface area contributed by atoms with Gasteiger partial charge in [0.15, 0.2) is 5.82 Å². The molecule has 94 valence electrons. The molecule has 18 heavy (non-hydrogen) atoms. The topological polar surface area (TPSA) is 50.7 Å². The molecule has 0 fully saturated rings. The zero-order valence-electron chi connectivity index (χ0n) is 11.3. The normalized spacial score (nSPS) is 10.4. The van der Waals surface area contributed by atoms with E-state index in [4.69, 9.17) is 0 Å². The van der Waals surface area contributed by atoms with Crippen LogP contribution in [0.3, 0.4) is 0 Å². The van der Waals surface area contributed by atoms with Crippen molar-refractivity contribution in [3.05, 3.63) is 35.2 Å². The van der Waals surface area contributed by atoms with Gasteiger partial charge in [0, 0.05) is 24.0 Å². The third kappa shape index (κ3) is 2.32. The van der Waals surface area contributed by atoms with Crippen molar-refractivity contribution in [1.82, 2.24) is 15.2 Å². The molecule has 0 aliphatic rings. The second kappa shape index (κ2) is 5.12. The first-order chi connectivity index (χ1) is 8.63. The molecule has 0 bridgehead atoms. The second-order valence-corrected chi connectivity index (χ2v) is 4.37. The first-order valence-corrected chi connectivity index (χ1v) is 6.14. The third-order valence-corrected chi connectivity index (χ3v) is 3.05. The third-order valence-electron chi connectivity index (χ3n) is 3.05. The molecule has 4 heteroatoms. The van der Waals surface area contributed by atoms with Crippen LogP contribution in [0.15, 0.2) is 18.3 Å². The minimum absolute atomic E-state index is 0.848. The summed E-state index contributed by atoms with van der Waals surface area (Å²) >= 11 is 0. The Morgan fingerprint density at radius 1 is 1.06 bits per heavy atom. The fourth-order valence-corrected chi connectivity index (χ4v) is 1.82. The lowest BCUT2D eigenvalue weighted by atomic mass is 10.1. The Kier molecular flexibility index (Phi) is 3.55. The summed E-state index contributed by atoms with van der Waals surface area (Å²) in [6, 6.07) is 4.02. The van der Waals surface area contributed by atoms with E-state index in [1.807, 2.05) is 32.2 Å². The molecular formula is C14H18N4. The van der Waals surface area contributed by atoms with E-state index in [2.05, 4.69) is 34.3 Å². The van der Waals surface area contributed by atoms with Gasteiger partial charge in [0.05, 0.1) is 5.69 Å². The van der Waals surface area contributed by atoms with Gasteiger partial charge in [0.25, 0.3) is 0 Å². The van der Waals surface area contributed by atoms with E-state index in [1.54, 1.807) is 0 Å². The second-order valence-electron chi connectivity index (χ2n) is 4.37. The van der Waals surface area contributed by atoms with Gasteiger partial charge in [0.1, 0.15) is 0 Å². The van der Waals surface area contributed by atoms with Crippen molar-refractivity contribution >= 4 is 5.82 Å². The molecule has 4 nitrogen and oxygen atoms in total. The first-order valence-electron chi connectivity index (χ1n) is 6.14. The number of nitrogens with one attached hydrogen (secondary N) is 1. The maximum atomic E-state index is 4.31. The molecule has 0 aromatic carbocycles. The highest BCUT2D eigenvalue weighted by Crippen LogP contribution is 2.25. The number of aromatic nitrogens is 3. The van der Waals surface area contributed by atoms with Gasteiger partial charge in [-0.15, -0.1) is 10.2 Å². The summed E-state index contributed by atoms with van der Waals surface area (Å²) in [6.07, 6.45) is 1.85. The maximum Gasteiger partial charge on any atom is 0.151 e. The van der Waals surface area contributed by atoms with Gasteiger partial charge in [-0.2, -0.15) is 0 Å². The quantitative estimate of drug-likeness (QED) is 0.899. The molecule has 0 saturated heterocycles. The van der Waals surface area contributed by atoms with Gasteiger partial charge in [-0.1, -0.05) is 0 Å². The van der Waals surface area contributed by atoms with Crippen LogP contribution in [0.25, 0.3) is 11.3 Å². The van der Waals surface area contributed by atoms with Crippen LogP contribution in [-0.2, 0) is 0 Å². The van der Waals surface area contributed by atoms with Crippen molar-refractivity contribution < 1.29 is 0 Å². The van der Waals surface area contributed by atoms with Crippen molar-refractivity contribution in [3.8, 4) is 11.3 Å². The molecule has 2 aromatic heterocycles. The standard InChI is InChI=1S/C14H18N4/c1-5-15-14-11(4)10(3)13(17-18-14)12-7-6-9(2)16-8-12/h6-8H,5H2,1-4H3,(H,15,18). The fraction of sp³-hybridized carbons (Fsp3) is 0.357. The van der Waals surface area contributed by atoms with Gasteiger partial charge in [-0.05, 0) is 51.0 Å². The SMILES string of the molecule is CCNc1nnc(-c2ccc(C)nc2)c(C)c1C. The van der Waals surface area contributed by atoms with Gasteiger partial charge in [-0.25, -0.2) is 0 Å². The highest BCUT2D eigenvalue weighted by Gasteiger charge is 2.10. The number of anilines is 1. The number of aryl methyl sites for hydroxylation is 1. The summed E-state index contributed by atoms with van der Waals surface area (Å²) < 4.78 is 0. The summed E-state index contributed by atoms with van der Waals surface area (Å²) in [5.74, 6) is 0.860. The number of nitrogens with zero attached hydrogens (tertiary/aromatic N) is 3. The molecule has 0 amide bonds. The molecule has 0 aliphatic carbocycles. The maximum absolute atomic E-state index is 4.31. The van der Waals surface area contributed by atoms with Crippen molar-refractivity contribution in [1.29, 1.82) is 0 Å². The van der Waals surface area contributed by atoms with Crippen LogP contribution < -0.4 is 5.32 Å². The van der Waals surface area contributed by atoms with Crippen LogP contribution >= 0.6 is 0 Å². The van der Waals surface area contributed by atoms with E-state index in [0.29, 0.717) is 0 Å². The zero-order chi connectivity index (χ0) is 13.1. The Morgan fingerprint density at radius 3 is 2.44 bits per heavy atom. The first kappa shape index (κ1) is 12.5. The van der Waals surface area contributed by atoms with Crippen LogP contribution in [0.5, 0.6) is 0 Å². The Labute approximate surface area is 107 Å². The minimum Gasteiger partial charge on any atom is -0.369 e. The number of pyridine rings is 1. The van der Waals surface area contributed by atoms with Gasteiger partial charge >= 0.3 is 0 Å². The van der Waals surface area contributed by atoms with E-state index in [0.717, 1.165) is 40.4 Å². The highest BCUT2D eigenvalue weighted by molar-refractivity contribution is 5.65. The summed E-state index contributed by atoms with van der Waals surface area (Å²) in [4.78, 5) is 4.30. The molecule has 0 spiro atoms. The monoisotopic (exact) mass is 242 g/mol. The molecule has 2 aromatic rings. The predicted molar refractivity (Wildman–Crippen MR) is 73.6 cm³/mol. The Hall–Kier alpha value is -1.97. The smallest absolute Gasteiger partial charge is 0.151 e. The molecule has 1 N–H and O–H groups in total. The van der Waals surface area contributed by atoms with Crippen LogP contribution in [0.2, 0.25) is 0 Å². The van der Waals surface area contributed by atoms with Crippen molar-refractivity contribution in [3.63, 3.8) is 0 Å². The molecule has 0 aliphatic heterocycles. The fourth-order valence-electron chi connectivity index (χ4n) is 1.82. The molecule has 0 saturated carbocycles. The van der Waals surface area contributed by atoms with Crippen molar-refractivity contribution in [2.45, 2.75) is 27.7 Å². The minimum atomic E-state index is 0.848. The molecular weight excluding hydrogens is 224 g/mol. The van der Waals surface area contributed by atoms with Crippen molar-refractivity contribution in [2.75, 3.05) is 11.9 Å². The average molecular weight is 242 g/mol. The molecule has 2 rings (SSSR count). The molecule has 0 atom stereocenters. The van der Waals surface area contributed by atoms with E-state index >= 15 is 0 Å². The van der Waals surface area contributed by atoms with E-state index in [9.17, 15) is 0 Å². The Morgan fingerprint density at radius 2 is 1.83 bits per heavy atom. The van der Waals surface area contributed by atoms with Crippen molar-refractivity contribution in [2.24, 2.45) is 0 Å². The Balaban J connectivity index is 2.46. The van der Waals surface area contributed by atoms with Crippen LogP contribution in [0, 0.1) is 20.8 Å². The summed E-state index contributed by atoms with van der Waals surface area (Å²) in [6.45, 7) is 9.00. The summed E-state index contributed by atoms with van der Waals surface area (Å²) in [5.41, 5.74) is 5.21. The van der Waals surface area contributed by atoms with Crippen LogP contribution in [0.1, 0.15) is 23.7 Å². The van der Waals surface area contributed by atoms with E-state index in [-0.39, 0.29) is 0 Å². The molecule has 0 unspecified atom stereocenters. The van der Waals surface area contributed by atoms with Crippen LogP contribution in [-0.4, -0.2) is 21.7 Å². The summed E-state index contributed by atoms with van der Waals surface area (Å²) in [5, 5.41) is 11.8. The lowest BCUT2D eigenvalue weighted by Gasteiger charge is -2.11. The van der Waals surface area contributed by atoms with Gasteiger partial charge < -0.3 is 5.32 Å². The summed E-state index contributed by atoms with van der Waals surface area (Å²) in [7, 11) is 0. The zero-order valence-corrected chi connectivity index (χ0v) is 11.3. The average Bonchev–Trinajstić information content (AvgIpc) is 2.37. The Bertz CT molecular complexity index is 546. The lowest BCUT2D eigenvalue weighted by Crippen LogP contribution is -2.06. The number of hydrogen-bond acceptors (Lipinski definition) is 4. The number of hydrogen-bond donors (Lipinski definition) is 1. The number of rotatable bonds is 3. The van der Waals surface area contributed by atoms with Crippen LogP contribution in [0.4, 0.5) is 5.82 Å². The van der Waals surface area contributed by atoms with Gasteiger partial charge in [-0.3, -0.25) is 4.98 Å². The predicted octanol–water partition coefficient (Wildman–Crippen LogP) is 2.90. The highest BCUT2D eigenvalue weighted by atomic mass is 15.2. The molecule has 0 radical (unpaired) electrons. The molecule has 2 heterocycles. The van der Waals surface area contributed by atoms with E-state index < -0.39 is 0 Å². The lowest BCUT2D eigenvalue weighted by molar-refractivity contribution is 0.985. The van der Waals surface area contributed by atoms with Gasteiger partial charge in [0.2, 0.25) is 0 Å².